The highest BCUT2D eigenvalue weighted by molar-refractivity contribution is 9.10. The van der Waals surface area contributed by atoms with Gasteiger partial charge in [-0.3, -0.25) is 10.7 Å². The second-order valence-electron chi connectivity index (χ2n) is 2.83. The Morgan fingerprint density at radius 1 is 1.62 bits per heavy atom. The van der Waals surface area contributed by atoms with Gasteiger partial charge in [0.2, 0.25) is 0 Å². The monoisotopic (exact) mass is 290 g/mol. The van der Waals surface area contributed by atoms with Crippen molar-refractivity contribution in [1.82, 2.24) is 5.43 Å². The maximum atomic E-state index is 11.2. The Bertz CT molecular complexity index is 388. The molecule has 0 saturated carbocycles. The number of anilines is 1. The smallest absolute Gasteiger partial charge is 0.274 e. The molecule has 0 heterocycles. The summed E-state index contributed by atoms with van der Waals surface area (Å²) in [5.41, 5.74) is 2.79. The van der Waals surface area contributed by atoms with Gasteiger partial charge in [0.25, 0.3) is 0 Å². The molecule has 0 unspecified atom stereocenters. The summed E-state index contributed by atoms with van der Waals surface area (Å²) in [5, 5.41) is 9.26. The van der Waals surface area contributed by atoms with Crippen molar-refractivity contribution in [2.75, 3.05) is 5.01 Å². The largest absolute Gasteiger partial charge is 0.350 e. The molecular formula is C8H11BrN4O3. The van der Waals surface area contributed by atoms with Crippen molar-refractivity contribution >= 4 is 27.6 Å². The van der Waals surface area contributed by atoms with E-state index in [1.165, 1.54) is 0 Å². The van der Waals surface area contributed by atoms with Crippen LogP contribution in [0.5, 0.6) is 0 Å². The molecule has 16 heavy (non-hydrogen) atoms. The summed E-state index contributed by atoms with van der Waals surface area (Å²) in [6.07, 6.45) is 0. The minimum Gasteiger partial charge on any atom is -0.274 e. The van der Waals surface area contributed by atoms with E-state index in [4.69, 9.17) is 16.9 Å². The fourth-order valence-corrected chi connectivity index (χ4v) is 1.63. The van der Waals surface area contributed by atoms with Gasteiger partial charge in [-0.2, -0.15) is 0 Å². The molecule has 1 rings (SSSR count). The highest BCUT2D eigenvalue weighted by Crippen LogP contribution is 2.27. The van der Waals surface area contributed by atoms with Crippen LogP contribution in [0.1, 0.15) is 5.56 Å². The standard InChI is InChI=1S/C8H11BrN4O3/c9-6-2-1-3-7(5(6)4-16-15)13(11)8(14)12-10/h1-3,15H,4,10-11H2,(H,12,14). The lowest BCUT2D eigenvalue weighted by Gasteiger charge is -2.19. The molecule has 0 fully saturated rings. The molecular weight excluding hydrogens is 280 g/mol. The number of carbonyl (C=O) groups is 1. The van der Waals surface area contributed by atoms with Gasteiger partial charge in [-0.1, -0.05) is 22.0 Å². The lowest BCUT2D eigenvalue weighted by Crippen LogP contribution is -2.48. The van der Waals surface area contributed by atoms with E-state index in [0.717, 1.165) is 5.01 Å². The van der Waals surface area contributed by atoms with Gasteiger partial charge in [0.15, 0.2) is 0 Å². The molecule has 0 aliphatic carbocycles. The van der Waals surface area contributed by atoms with Gasteiger partial charge in [0.05, 0.1) is 5.69 Å². The Balaban J connectivity index is 3.11. The lowest BCUT2D eigenvalue weighted by atomic mass is 10.2. The van der Waals surface area contributed by atoms with E-state index in [0.29, 0.717) is 15.7 Å². The van der Waals surface area contributed by atoms with Crippen molar-refractivity contribution in [2.24, 2.45) is 11.7 Å². The Hall–Kier alpha value is -1.19. The van der Waals surface area contributed by atoms with Crippen LogP contribution in [-0.2, 0) is 11.5 Å². The molecule has 0 aliphatic heterocycles. The number of carbonyl (C=O) groups excluding carboxylic acids is 1. The third-order valence-electron chi connectivity index (χ3n) is 1.90. The van der Waals surface area contributed by atoms with Gasteiger partial charge >= 0.3 is 6.03 Å². The quantitative estimate of drug-likeness (QED) is 0.283. The van der Waals surface area contributed by atoms with Crippen molar-refractivity contribution in [3.8, 4) is 0 Å². The van der Waals surface area contributed by atoms with Crippen LogP contribution < -0.4 is 22.1 Å². The minimum atomic E-state index is -0.683. The van der Waals surface area contributed by atoms with Gasteiger partial charge in [-0.15, -0.1) is 0 Å². The van der Waals surface area contributed by atoms with Crippen LogP contribution in [0.15, 0.2) is 22.7 Å². The number of amides is 2. The number of nitrogens with two attached hydrogens (primary N) is 2. The first kappa shape index (κ1) is 12.9. The molecule has 2 amide bonds. The van der Waals surface area contributed by atoms with E-state index >= 15 is 0 Å². The third kappa shape index (κ3) is 2.68. The fraction of sp³-hybridized carbons (Fsp3) is 0.125. The molecule has 1 aromatic carbocycles. The van der Waals surface area contributed by atoms with Crippen LogP contribution in [0.25, 0.3) is 0 Å². The normalized spacial score (nSPS) is 10.0. The summed E-state index contributed by atoms with van der Waals surface area (Å²) >= 11 is 3.25. The number of rotatable bonds is 3. The van der Waals surface area contributed by atoms with E-state index in [2.05, 4.69) is 20.8 Å². The predicted molar refractivity (Wildman–Crippen MR) is 60.9 cm³/mol. The second kappa shape index (κ2) is 5.77. The highest BCUT2D eigenvalue weighted by Gasteiger charge is 2.16. The average Bonchev–Trinajstić information content (AvgIpc) is 2.30. The number of hydrogen-bond acceptors (Lipinski definition) is 5. The maximum absolute atomic E-state index is 11.2. The maximum Gasteiger partial charge on any atom is 0.350 e. The molecule has 6 N–H and O–H groups in total. The second-order valence-corrected chi connectivity index (χ2v) is 3.68. The first-order valence-corrected chi connectivity index (χ1v) is 5.00. The summed E-state index contributed by atoms with van der Waals surface area (Å²) in [4.78, 5) is 15.3. The van der Waals surface area contributed by atoms with E-state index in [9.17, 15) is 4.79 Å². The average molecular weight is 291 g/mol. The molecule has 0 saturated heterocycles. The van der Waals surface area contributed by atoms with Crippen molar-refractivity contribution in [3.63, 3.8) is 0 Å². The van der Waals surface area contributed by atoms with Crippen LogP contribution >= 0.6 is 15.9 Å². The van der Waals surface area contributed by atoms with Crippen LogP contribution in [0, 0.1) is 0 Å². The Morgan fingerprint density at radius 3 is 2.88 bits per heavy atom. The predicted octanol–water partition coefficient (Wildman–Crippen LogP) is 0.702. The van der Waals surface area contributed by atoms with Crippen LogP contribution in [0.3, 0.4) is 0 Å². The van der Waals surface area contributed by atoms with E-state index in [-0.39, 0.29) is 6.61 Å². The molecule has 0 atom stereocenters. The number of benzene rings is 1. The molecule has 0 bridgehead atoms. The lowest BCUT2D eigenvalue weighted by molar-refractivity contribution is -0.253. The number of nitrogens with one attached hydrogen (secondary N) is 1. The number of hydrazine groups is 2. The topological polar surface area (TPSA) is 114 Å². The van der Waals surface area contributed by atoms with Crippen molar-refractivity contribution in [1.29, 1.82) is 0 Å². The van der Waals surface area contributed by atoms with Gasteiger partial charge in [-0.25, -0.2) is 26.4 Å². The summed E-state index contributed by atoms with van der Waals surface area (Å²) in [5.74, 6) is 10.5. The Morgan fingerprint density at radius 2 is 2.31 bits per heavy atom. The van der Waals surface area contributed by atoms with Gasteiger partial charge < -0.3 is 0 Å². The van der Waals surface area contributed by atoms with Gasteiger partial charge in [0.1, 0.15) is 6.61 Å². The zero-order valence-electron chi connectivity index (χ0n) is 8.18. The first-order valence-electron chi connectivity index (χ1n) is 4.21. The van der Waals surface area contributed by atoms with Crippen LogP contribution in [0.4, 0.5) is 10.5 Å². The molecule has 0 aliphatic rings. The Kier molecular flexibility index (Phi) is 4.65. The zero-order valence-corrected chi connectivity index (χ0v) is 9.77. The van der Waals surface area contributed by atoms with Crippen molar-refractivity contribution in [3.05, 3.63) is 28.2 Å². The van der Waals surface area contributed by atoms with Gasteiger partial charge in [-0.05, 0) is 12.1 Å². The Labute approximate surface area is 100.0 Å². The third-order valence-corrected chi connectivity index (χ3v) is 2.65. The summed E-state index contributed by atoms with van der Waals surface area (Å²) in [6, 6.07) is 4.32. The summed E-state index contributed by atoms with van der Waals surface area (Å²) < 4.78 is 0.652. The van der Waals surface area contributed by atoms with E-state index < -0.39 is 6.03 Å². The SMILES string of the molecule is NNC(=O)N(N)c1cccc(Br)c1COO. The number of halogens is 1. The van der Waals surface area contributed by atoms with Gasteiger partial charge in [0, 0.05) is 10.0 Å². The molecule has 7 nitrogen and oxygen atoms in total. The highest BCUT2D eigenvalue weighted by atomic mass is 79.9. The molecule has 0 radical (unpaired) electrons. The minimum absolute atomic E-state index is 0.109. The molecule has 88 valence electrons. The van der Waals surface area contributed by atoms with Crippen molar-refractivity contribution < 1.29 is 14.9 Å². The van der Waals surface area contributed by atoms with Crippen molar-refractivity contribution in [2.45, 2.75) is 6.61 Å². The van der Waals surface area contributed by atoms with E-state index in [1.54, 1.807) is 18.2 Å². The number of nitrogens with zero attached hydrogens (tertiary/aromatic N) is 1. The number of hydrogen-bond donors (Lipinski definition) is 4. The molecule has 1 aromatic rings. The van der Waals surface area contributed by atoms with E-state index in [1.807, 2.05) is 5.43 Å². The summed E-state index contributed by atoms with van der Waals surface area (Å²) in [7, 11) is 0. The fourth-order valence-electron chi connectivity index (χ4n) is 1.16. The summed E-state index contributed by atoms with van der Waals surface area (Å²) in [6.45, 7) is -0.109. The molecule has 0 aromatic heterocycles. The first-order chi connectivity index (χ1) is 7.61. The molecule has 8 heteroatoms. The zero-order chi connectivity index (χ0) is 12.1. The molecule has 0 spiro atoms. The van der Waals surface area contributed by atoms with Crippen LogP contribution in [-0.4, -0.2) is 11.3 Å². The van der Waals surface area contributed by atoms with Crippen LogP contribution in [0.2, 0.25) is 0 Å². The number of urea groups is 1.